The van der Waals surface area contributed by atoms with Crippen molar-refractivity contribution >= 4 is 43.7 Å². The van der Waals surface area contributed by atoms with Crippen LogP contribution in [-0.2, 0) is 17.4 Å². The second-order valence-electron chi connectivity index (χ2n) is 8.23. The van der Waals surface area contributed by atoms with E-state index in [0.29, 0.717) is 49.1 Å². The monoisotopic (exact) mass is 534 g/mol. The van der Waals surface area contributed by atoms with E-state index in [9.17, 15) is 23.1 Å². The molecule has 7 nitrogen and oxygen atoms in total. The van der Waals surface area contributed by atoms with Gasteiger partial charge in [-0.2, -0.15) is 13.2 Å². The normalized spacial score (nSPS) is 11.5. The Hall–Kier alpha value is -2.43. The second-order valence-corrected chi connectivity index (χ2v) is 8.23. The fourth-order valence-electron chi connectivity index (χ4n) is 3.18. The van der Waals surface area contributed by atoms with E-state index < -0.39 is 23.3 Å². The molecule has 1 heterocycles. The number of hydrogen-bond acceptors (Lipinski definition) is 5. The summed E-state index contributed by atoms with van der Waals surface area (Å²) < 4.78 is 56.9. The number of nitrogens with zero attached hydrogens (tertiary/aromatic N) is 2. The number of alkyl halides is 3. The van der Waals surface area contributed by atoms with Gasteiger partial charge in [-0.25, -0.2) is 9.48 Å². The Bertz CT molecular complexity index is 1160. The van der Waals surface area contributed by atoms with Crippen molar-refractivity contribution in [3.63, 3.8) is 0 Å². The Morgan fingerprint density at radius 2 is 1.75 bits per heavy atom. The van der Waals surface area contributed by atoms with Crippen LogP contribution < -0.4 is 14.2 Å². The summed E-state index contributed by atoms with van der Waals surface area (Å²) in [5.41, 5.74) is -0.809. The van der Waals surface area contributed by atoms with Gasteiger partial charge in [-0.1, -0.05) is 6.07 Å². The van der Waals surface area contributed by atoms with Gasteiger partial charge in [-0.15, -0.1) is 5.10 Å². The van der Waals surface area contributed by atoms with Crippen molar-refractivity contribution in [2.24, 2.45) is 0 Å². The van der Waals surface area contributed by atoms with Crippen molar-refractivity contribution in [1.82, 2.24) is 9.78 Å². The predicted octanol–water partition coefficient (Wildman–Crippen LogP) is 5.39. The number of benzene rings is 2. The van der Waals surface area contributed by atoms with Crippen LogP contribution in [0.2, 0.25) is 0 Å². The van der Waals surface area contributed by atoms with Crippen molar-refractivity contribution in [2.75, 3.05) is 13.2 Å². The number of aromatic nitrogens is 2. The van der Waals surface area contributed by atoms with Crippen LogP contribution in [0, 0.1) is 0 Å². The molecular weight excluding hydrogens is 505 g/mol. The van der Waals surface area contributed by atoms with Crippen LogP contribution in [0.4, 0.5) is 13.2 Å². The molecule has 3 aromatic rings. The Kier molecular flexibility index (Phi) is 10.5. The molecule has 0 aliphatic rings. The molecule has 0 fully saturated rings. The van der Waals surface area contributed by atoms with Crippen LogP contribution in [0.1, 0.15) is 41.2 Å². The number of carbonyl (C=O) groups is 1. The van der Waals surface area contributed by atoms with Gasteiger partial charge in [0.25, 0.3) is 0 Å². The third kappa shape index (κ3) is 8.04. The van der Waals surface area contributed by atoms with Gasteiger partial charge in [0.15, 0.2) is 5.60 Å². The molecule has 0 spiro atoms. The maximum Gasteiger partial charge on any atom is 2.00 e. The number of ether oxygens (including phenoxy) is 3. The number of aryl methyl sites for hydroxylation is 1. The molecular formula is C25H29CaF3N2O5. The topological polar surface area (TPSA) is 82.8 Å². The van der Waals surface area contributed by atoms with E-state index in [2.05, 4.69) is 5.10 Å². The summed E-state index contributed by atoms with van der Waals surface area (Å²) in [6, 6.07) is 11.5. The maximum atomic E-state index is 12.8. The molecule has 0 bridgehead atoms. The van der Waals surface area contributed by atoms with Crippen molar-refractivity contribution in [3.05, 3.63) is 65.9 Å². The molecule has 0 saturated heterocycles. The van der Waals surface area contributed by atoms with Crippen LogP contribution in [0.15, 0.2) is 54.7 Å². The largest absolute Gasteiger partial charge is 2.00 e. The molecule has 0 amide bonds. The molecule has 0 aliphatic heterocycles. The Labute approximate surface area is 240 Å². The van der Waals surface area contributed by atoms with Gasteiger partial charge >= 0.3 is 49.9 Å². The van der Waals surface area contributed by atoms with Crippen LogP contribution in [0.5, 0.6) is 17.4 Å². The summed E-state index contributed by atoms with van der Waals surface area (Å²) in [4.78, 5) is 11.3. The average Bonchev–Trinajstić information content (AvgIpc) is 3.19. The zero-order valence-corrected chi connectivity index (χ0v) is 22.5. The van der Waals surface area contributed by atoms with Gasteiger partial charge in [0.05, 0.1) is 24.5 Å². The minimum absolute atomic E-state index is 0. The molecule has 0 unspecified atom stereocenters. The Morgan fingerprint density at radius 3 is 2.36 bits per heavy atom. The predicted molar refractivity (Wildman–Crippen MR) is 130 cm³/mol. The number of hydrogen-bond donors (Lipinski definition) is 1. The summed E-state index contributed by atoms with van der Waals surface area (Å²) in [5.74, 6) is 0.255. The third-order valence-corrected chi connectivity index (χ3v) is 5.04. The molecule has 11 heteroatoms. The Morgan fingerprint density at radius 1 is 1.08 bits per heavy atom. The fourth-order valence-corrected chi connectivity index (χ4v) is 3.18. The summed E-state index contributed by atoms with van der Waals surface area (Å²) in [6.45, 7) is 5.51. The zero-order valence-electron chi connectivity index (χ0n) is 22.3. The summed E-state index contributed by atoms with van der Waals surface area (Å²) >= 11 is 0. The average molecular weight is 535 g/mol. The van der Waals surface area contributed by atoms with E-state index >= 15 is 0 Å². The first-order valence-corrected chi connectivity index (χ1v) is 11.0. The van der Waals surface area contributed by atoms with Crippen LogP contribution in [-0.4, -0.2) is 77.4 Å². The minimum Gasteiger partial charge on any atom is -1.00 e. The first-order chi connectivity index (χ1) is 16.5. The molecule has 36 heavy (non-hydrogen) atoms. The molecule has 1 aromatic heterocycles. The van der Waals surface area contributed by atoms with E-state index in [1.807, 2.05) is 6.92 Å². The molecule has 0 aliphatic carbocycles. The summed E-state index contributed by atoms with van der Waals surface area (Å²) in [5, 5.41) is 13.6. The van der Waals surface area contributed by atoms with E-state index in [0.717, 1.165) is 17.7 Å². The van der Waals surface area contributed by atoms with Gasteiger partial charge in [-0.3, -0.25) is 0 Å². The van der Waals surface area contributed by atoms with Crippen LogP contribution in [0.25, 0.3) is 5.69 Å². The van der Waals surface area contributed by atoms with Gasteiger partial charge in [0, 0.05) is 17.8 Å². The Balaban J connectivity index is 0.00000456. The van der Waals surface area contributed by atoms with Gasteiger partial charge < -0.3 is 22.2 Å². The van der Waals surface area contributed by atoms with E-state index in [4.69, 9.17) is 14.2 Å². The first kappa shape index (κ1) is 29.8. The van der Waals surface area contributed by atoms with Gasteiger partial charge in [-0.05, 0) is 70.0 Å². The molecule has 3 rings (SSSR count). The van der Waals surface area contributed by atoms with E-state index in [-0.39, 0.29) is 40.6 Å². The number of aliphatic carboxylic acids is 1. The molecule has 192 valence electrons. The van der Waals surface area contributed by atoms with Crippen molar-refractivity contribution in [1.29, 1.82) is 0 Å². The van der Waals surface area contributed by atoms with Crippen LogP contribution >= 0.6 is 0 Å². The van der Waals surface area contributed by atoms with Gasteiger partial charge in [0.1, 0.15) is 11.5 Å². The van der Waals surface area contributed by atoms with Crippen molar-refractivity contribution in [3.8, 4) is 23.1 Å². The molecule has 2 aromatic carbocycles. The fraction of sp³-hybridized carbons (Fsp3) is 0.360. The number of rotatable bonds is 11. The molecule has 0 saturated carbocycles. The SMILES string of the molecule is CCOc1nn(-c2ccc(C(F)(F)F)cc2)cc1CCCOc1cccc(OC(C)(C)C(=O)O)c1.[Ca+2].[H-].[H-]. The molecule has 0 radical (unpaired) electrons. The van der Waals surface area contributed by atoms with Crippen molar-refractivity contribution < 1.29 is 40.1 Å². The van der Waals surface area contributed by atoms with Gasteiger partial charge in [0.2, 0.25) is 5.88 Å². The van der Waals surface area contributed by atoms with Crippen molar-refractivity contribution in [2.45, 2.75) is 45.4 Å². The second kappa shape index (κ2) is 12.7. The quantitative estimate of drug-likeness (QED) is 0.263. The molecule has 0 atom stereocenters. The van der Waals surface area contributed by atoms with Crippen LogP contribution in [0.3, 0.4) is 0 Å². The third-order valence-electron chi connectivity index (χ3n) is 5.04. The molecule has 1 N–H and O–H groups in total. The first-order valence-electron chi connectivity index (χ1n) is 11.0. The summed E-state index contributed by atoms with van der Waals surface area (Å²) in [7, 11) is 0. The standard InChI is InChI=1S/C25H27F3N2O5.Ca.2H/c1-4-33-22-17(16-30(29-22)19-12-10-18(11-13-19)25(26,27)28)7-6-14-34-20-8-5-9-21(15-20)35-24(2,3)23(31)32;;;/h5,8-13,15-16H,4,6-7,14H2,1-3H3,(H,31,32);;;/q;+2;2*-1. The number of carboxylic acids is 1. The van der Waals surface area contributed by atoms with E-state index in [1.165, 1.54) is 30.7 Å². The van der Waals surface area contributed by atoms with E-state index in [1.54, 1.807) is 30.5 Å². The maximum absolute atomic E-state index is 12.8. The minimum atomic E-state index is -4.40. The number of carboxylic acid groups (broad SMARTS) is 1. The zero-order chi connectivity index (χ0) is 25.6. The summed E-state index contributed by atoms with van der Waals surface area (Å²) in [6.07, 6.45) is -1.49. The smallest absolute Gasteiger partial charge is 1.00 e. The number of halogens is 3.